The van der Waals surface area contributed by atoms with Gasteiger partial charge in [0.1, 0.15) is 24.0 Å². The smallest absolute Gasteiger partial charge is 0.329 e. The molecule has 1 aliphatic carbocycles. The Bertz CT molecular complexity index is 1940. The summed E-state index contributed by atoms with van der Waals surface area (Å²) >= 11 is 0. The maximum atomic E-state index is 15.1. The molecule has 1 amide bonds. The molecule has 14 unspecified atom stereocenters. The number of allylic oxidation sites excluding steroid dienone is 4. The molecule has 13 nitrogen and oxygen atoms in total. The quantitative estimate of drug-likeness (QED) is 0.0676. The molecular weight excluding hydrogens is 971 g/mol. The van der Waals surface area contributed by atoms with Crippen molar-refractivity contribution in [1.29, 1.82) is 0 Å². The molecule has 0 spiro atoms. The SMILES string of the molecule is C=CCCC1(O[Si](CC)(CC)CC)CCC(C=C(C)C2OC(=O)C3CCCCN3C(=O)C(=O)C3(O)OC(C(OC)CC(C)CC(C)=CC(CC)C(=O)CC(O[Si](C)(C)C(C)(C)C)C2C)C(OC)CC3C)CC1OC. The Morgan fingerprint density at radius 2 is 1.54 bits per heavy atom. The first-order valence-corrected chi connectivity index (χ1v) is 34.0. The first-order chi connectivity index (χ1) is 34.7. The average Bonchev–Trinajstić information content (AvgIpc) is 3.36. The molecule has 2 bridgehead atoms. The number of piperidine rings is 1. The number of fused-ring (bicyclic) bond motifs is 3. The van der Waals surface area contributed by atoms with Crippen molar-refractivity contribution < 1.29 is 56.8 Å². The number of cyclic esters (lactones) is 1. The van der Waals surface area contributed by atoms with Crippen LogP contribution in [0, 0.1) is 29.6 Å². The molecule has 424 valence electrons. The van der Waals surface area contributed by atoms with Gasteiger partial charge >= 0.3 is 5.97 Å². The van der Waals surface area contributed by atoms with Crippen molar-refractivity contribution in [2.45, 2.75) is 257 Å². The van der Waals surface area contributed by atoms with Crippen LogP contribution < -0.4 is 0 Å². The van der Waals surface area contributed by atoms with E-state index in [2.05, 4.69) is 87.2 Å². The summed E-state index contributed by atoms with van der Waals surface area (Å²) in [5.41, 5.74) is 1.43. The standard InChI is InChI=1S/C59H103NO12Si2/c1-19-24-29-58(72-74(21-3,22-4)23-5)30-28-44(37-51(58)68-16)35-41(8)52-43(10)48(71-73(17,18)57(11,12)13)38-47(61)45(20-2)33-39(6)32-40(7)34-49(66-14)53-50(67-15)36-42(9)59(65,70-53)54(62)55(63)60-31-26-25-27-46(60)56(64)69-52/h19,33,35,40,42-46,48-53,65H,1,20-32,34,36-38H2,2-18H3. The molecule has 3 heterocycles. The number of methoxy groups -OCH3 is 3. The van der Waals surface area contributed by atoms with Gasteiger partial charge in [-0.3, -0.25) is 14.4 Å². The fourth-order valence-electron chi connectivity index (χ4n) is 12.4. The predicted octanol–water partition coefficient (Wildman–Crippen LogP) is 11.9. The van der Waals surface area contributed by atoms with E-state index in [1.165, 1.54) is 4.90 Å². The summed E-state index contributed by atoms with van der Waals surface area (Å²) in [6.07, 6.45) is 10.2. The van der Waals surface area contributed by atoms with Crippen LogP contribution in [-0.2, 0) is 51.7 Å². The second-order valence-corrected chi connectivity index (χ2v) is 34.0. The van der Waals surface area contributed by atoms with Crippen molar-refractivity contribution >= 4 is 40.1 Å². The predicted molar refractivity (Wildman–Crippen MR) is 299 cm³/mol. The fourth-order valence-corrected chi connectivity index (χ4v) is 16.9. The summed E-state index contributed by atoms with van der Waals surface area (Å²) in [7, 11) is 0.311. The maximum Gasteiger partial charge on any atom is 0.329 e. The third-order valence-electron chi connectivity index (χ3n) is 18.5. The van der Waals surface area contributed by atoms with Gasteiger partial charge in [0, 0.05) is 52.0 Å². The lowest BCUT2D eigenvalue weighted by molar-refractivity contribution is -0.302. The van der Waals surface area contributed by atoms with E-state index < -0.39 is 94.1 Å². The van der Waals surface area contributed by atoms with E-state index in [1.54, 1.807) is 28.3 Å². The van der Waals surface area contributed by atoms with Crippen molar-refractivity contribution in [3.8, 4) is 0 Å². The Morgan fingerprint density at radius 3 is 2.11 bits per heavy atom. The Balaban J connectivity index is 1.91. The zero-order chi connectivity index (χ0) is 55.6. The summed E-state index contributed by atoms with van der Waals surface area (Å²) in [6, 6.07) is 1.99. The minimum Gasteiger partial charge on any atom is -0.456 e. The van der Waals surface area contributed by atoms with Gasteiger partial charge in [-0.1, -0.05) is 93.0 Å². The monoisotopic (exact) mass is 1070 g/mol. The fraction of sp³-hybridized carbons (Fsp3) is 0.831. The molecule has 15 heteroatoms. The molecule has 14 atom stereocenters. The largest absolute Gasteiger partial charge is 0.456 e. The lowest BCUT2D eigenvalue weighted by atomic mass is 9.73. The van der Waals surface area contributed by atoms with E-state index in [0.29, 0.717) is 38.5 Å². The van der Waals surface area contributed by atoms with E-state index in [4.69, 9.17) is 32.5 Å². The van der Waals surface area contributed by atoms with E-state index in [-0.39, 0.29) is 60.5 Å². The van der Waals surface area contributed by atoms with Gasteiger partial charge in [-0.25, -0.2) is 4.79 Å². The second-order valence-electron chi connectivity index (χ2n) is 24.6. The topological polar surface area (TPSA) is 156 Å². The van der Waals surface area contributed by atoms with E-state index in [9.17, 15) is 19.5 Å². The molecule has 0 aromatic carbocycles. The van der Waals surface area contributed by atoms with Crippen molar-refractivity contribution in [3.63, 3.8) is 0 Å². The van der Waals surface area contributed by atoms with Gasteiger partial charge in [-0.15, -0.1) is 6.58 Å². The number of nitrogens with zero attached hydrogens (tertiary/aromatic N) is 1. The van der Waals surface area contributed by atoms with Gasteiger partial charge < -0.3 is 42.5 Å². The highest BCUT2D eigenvalue weighted by atomic mass is 28.4. The first-order valence-electron chi connectivity index (χ1n) is 28.6. The van der Waals surface area contributed by atoms with Gasteiger partial charge in [-0.2, -0.15) is 0 Å². The van der Waals surface area contributed by atoms with Crippen LogP contribution >= 0.6 is 0 Å². The van der Waals surface area contributed by atoms with Gasteiger partial charge in [0.2, 0.25) is 5.79 Å². The third-order valence-corrected chi connectivity index (χ3v) is 27.7. The van der Waals surface area contributed by atoms with Crippen molar-refractivity contribution in [1.82, 2.24) is 4.90 Å². The van der Waals surface area contributed by atoms with Gasteiger partial charge in [-0.05, 0) is 145 Å². The van der Waals surface area contributed by atoms with Crippen LogP contribution in [0.4, 0.5) is 0 Å². The number of carbonyl (C=O) groups excluding carboxylic acids is 4. The third kappa shape index (κ3) is 15.1. The molecule has 4 aliphatic rings. The summed E-state index contributed by atoms with van der Waals surface area (Å²) in [5, 5.41) is 12.1. The van der Waals surface area contributed by atoms with Crippen LogP contribution in [0.5, 0.6) is 0 Å². The van der Waals surface area contributed by atoms with Crippen molar-refractivity contribution in [2.24, 2.45) is 29.6 Å². The zero-order valence-electron chi connectivity index (χ0n) is 49.3. The number of amides is 1. The number of Topliss-reactive ketones (excluding diaryl/α,β-unsaturated/α-hetero) is 2. The van der Waals surface area contributed by atoms with Crippen LogP contribution in [0.1, 0.15) is 167 Å². The number of carbonyl (C=O) groups is 4. The summed E-state index contributed by atoms with van der Waals surface area (Å²) in [5.74, 6) is -6.79. The van der Waals surface area contributed by atoms with Crippen LogP contribution in [0.3, 0.4) is 0 Å². The highest BCUT2D eigenvalue weighted by Gasteiger charge is 2.57. The Morgan fingerprint density at radius 1 is 0.905 bits per heavy atom. The van der Waals surface area contributed by atoms with Crippen LogP contribution in [0.2, 0.25) is 36.3 Å². The normalized spacial score (nSPS) is 35.4. The first kappa shape index (κ1) is 64.2. The van der Waals surface area contributed by atoms with Gasteiger partial charge in [0.25, 0.3) is 11.7 Å². The zero-order valence-corrected chi connectivity index (χ0v) is 51.3. The molecule has 4 rings (SSSR count). The number of esters is 1. The minimum atomic E-state index is -2.56. The average molecular weight is 1070 g/mol. The van der Waals surface area contributed by atoms with E-state index >= 15 is 4.79 Å². The highest BCUT2D eigenvalue weighted by Crippen LogP contribution is 2.46. The molecule has 0 radical (unpaired) electrons. The van der Waals surface area contributed by atoms with Crippen molar-refractivity contribution in [3.05, 3.63) is 36.0 Å². The van der Waals surface area contributed by atoms with Crippen molar-refractivity contribution in [2.75, 3.05) is 27.9 Å². The lowest BCUT2D eigenvalue weighted by Gasteiger charge is -2.50. The minimum absolute atomic E-state index is 0.0464. The van der Waals surface area contributed by atoms with E-state index in [0.717, 1.165) is 55.0 Å². The molecule has 0 aromatic heterocycles. The maximum absolute atomic E-state index is 15.1. The number of ether oxygens (including phenoxy) is 5. The summed E-state index contributed by atoms with van der Waals surface area (Å²) in [6.45, 7) is 33.8. The van der Waals surface area contributed by atoms with Gasteiger partial charge in [0.15, 0.2) is 16.6 Å². The molecule has 2 saturated heterocycles. The Hall–Kier alpha value is -2.35. The lowest BCUT2D eigenvalue weighted by Crippen LogP contribution is -2.64. The highest BCUT2D eigenvalue weighted by molar-refractivity contribution is 6.74. The second kappa shape index (κ2) is 27.5. The molecule has 1 N–H and O–H groups in total. The summed E-state index contributed by atoms with van der Waals surface area (Å²) in [4.78, 5) is 60.7. The molecular formula is C59H103NO12Si2. The number of hydrogen-bond donors (Lipinski definition) is 1. The molecule has 1 saturated carbocycles. The Labute approximate surface area is 450 Å². The number of aliphatic hydroxyl groups is 1. The number of rotatable bonds is 16. The van der Waals surface area contributed by atoms with Gasteiger partial charge in [0.05, 0.1) is 30.0 Å². The van der Waals surface area contributed by atoms with Crippen LogP contribution in [0.15, 0.2) is 36.0 Å². The molecule has 3 fully saturated rings. The van der Waals surface area contributed by atoms with E-state index in [1.807, 2.05) is 26.8 Å². The summed E-state index contributed by atoms with van der Waals surface area (Å²) < 4.78 is 46.4. The van der Waals surface area contributed by atoms with Crippen LogP contribution in [-0.4, -0.2) is 132 Å². The number of ketones is 2. The Kier molecular flexibility index (Phi) is 23.8. The molecule has 74 heavy (non-hydrogen) atoms. The molecule has 3 aliphatic heterocycles. The van der Waals surface area contributed by atoms with Crippen LogP contribution in [0.25, 0.3) is 0 Å². The molecule has 0 aromatic rings. The number of hydrogen-bond acceptors (Lipinski definition) is 12.